The summed E-state index contributed by atoms with van der Waals surface area (Å²) in [6.45, 7) is 6.75. The fraction of sp³-hybridized carbons (Fsp3) is 0.632. The third-order valence-electron chi connectivity index (χ3n) is 4.10. The first-order valence-corrected chi connectivity index (χ1v) is 9.10. The van der Waals surface area contributed by atoms with E-state index in [-0.39, 0.29) is 35.8 Å². The zero-order chi connectivity index (χ0) is 18.1. The second-order valence-corrected chi connectivity index (χ2v) is 6.42. The molecule has 0 amide bonds. The minimum atomic E-state index is -0.311. The summed E-state index contributed by atoms with van der Waals surface area (Å²) in [5.74, 6) is 1.36. The zero-order valence-electron chi connectivity index (χ0n) is 15.9. The first kappa shape index (κ1) is 23.0. The lowest BCUT2D eigenvalue weighted by atomic mass is 10.1. The number of rotatable bonds is 10. The summed E-state index contributed by atoms with van der Waals surface area (Å²) in [5.41, 5.74) is 0.860. The Morgan fingerprint density at radius 2 is 2.15 bits per heavy atom. The van der Waals surface area contributed by atoms with Crippen LogP contribution in [0.15, 0.2) is 23.2 Å². The van der Waals surface area contributed by atoms with Crippen LogP contribution in [0.25, 0.3) is 0 Å². The van der Waals surface area contributed by atoms with E-state index in [0.29, 0.717) is 31.4 Å². The third kappa shape index (κ3) is 8.07. The van der Waals surface area contributed by atoms with Gasteiger partial charge in [0.1, 0.15) is 0 Å². The Hall–Kier alpha value is -1.09. The van der Waals surface area contributed by atoms with Gasteiger partial charge in [0, 0.05) is 26.8 Å². The van der Waals surface area contributed by atoms with Crippen molar-refractivity contribution in [3.63, 3.8) is 0 Å². The lowest BCUT2D eigenvalue weighted by Crippen LogP contribution is -2.38. The zero-order valence-corrected chi connectivity index (χ0v) is 18.2. The van der Waals surface area contributed by atoms with Gasteiger partial charge in [0.15, 0.2) is 17.5 Å². The first-order valence-electron chi connectivity index (χ1n) is 9.10. The maximum atomic E-state index is 14.2. The molecule has 1 unspecified atom stereocenters. The normalized spacial score (nSPS) is 15.2. The molecule has 0 bridgehead atoms. The molecule has 2 N–H and O–H groups in total. The van der Waals surface area contributed by atoms with Gasteiger partial charge in [-0.1, -0.05) is 6.07 Å². The molecule has 1 aliphatic rings. The molecule has 0 spiro atoms. The lowest BCUT2D eigenvalue weighted by molar-refractivity contribution is 0.197. The molecule has 5 nitrogen and oxygen atoms in total. The van der Waals surface area contributed by atoms with Crippen molar-refractivity contribution in [1.29, 1.82) is 0 Å². The Morgan fingerprint density at radius 3 is 2.77 bits per heavy atom. The number of guanidine groups is 1. The van der Waals surface area contributed by atoms with Crippen molar-refractivity contribution in [3.8, 4) is 5.75 Å². The average molecular weight is 479 g/mol. The second-order valence-electron chi connectivity index (χ2n) is 6.42. The molecule has 1 fully saturated rings. The molecule has 0 heterocycles. The smallest absolute Gasteiger partial charge is 0.191 e. The van der Waals surface area contributed by atoms with Crippen LogP contribution in [0.2, 0.25) is 0 Å². The lowest BCUT2D eigenvalue weighted by Gasteiger charge is -2.19. The number of hydrogen-bond donors (Lipinski definition) is 2. The van der Waals surface area contributed by atoms with Crippen LogP contribution in [0, 0.1) is 11.7 Å². The van der Waals surface area contributed by atoms with Gasteiger partial charge in [0.05, 0.1) is 12.6 Å². The number of hydrogen-bond acceptors (Lipinski definition) is 3. The summed E-state index contributed by atoms with van der Waals surface area (Å²) in [7, 11) is 1.68. The molecule has 148 valence electrons. The van der Waals surface area contributed by atoms with E-state index in [0.717, 1.165) is 24.5 Å². The van der Waals surface area contributed by atoms with E-state index in [1.54, 1.807) is 13.2 Å². The standard InChI is InChI=1S/C19H30FN3O2.HI/c1-4-21-19(22-10-5-11-24-3)23-14(2)16-8-9-18(17(20)12-16)25-13-15-6-7-15;/h8-9,12,14-15H,4-7,10-11,13H2,1-3H3,(H2,21,22,23);1H. The van der Waals surface area contributed by atoms with Gasteiger partial charge in [-0.15, -0.1) is 24.0 Å². The van der Waals surface area contributed by atoms with E-state index in [1.165, 1.54) is 18.9 Å². The van der Waals surface area contributed by atoms with Crippen molar-refractivity contribution in [2.45, 2.75) is 39.2 Å². The van der Waals surface area contributed by atoms with Crippen LogP contribution in [0.3, 0.4) is 0 Å². The predicted octanol–water partition coefficient (Wildman–Crippen LogP) is 3.89. The van der Waals surface area contributed by atoms with E-state index < -0.39 is 0 Å². The molecule has 0 saturated heterocycles. The van der Waals surface area contributed by atoms with Crippen LogP contribution in [0.1, 0.15) is 44.7 Å². The van der Waals surface area contributed by atoms with Crippen molar-refractivity contribution in [2.75, 3.05) is 33.4 Å². The quantitative estimate of drug-likeness (QED) is 0.232. The highest BCUT2D eigenvalue weighted by Crippen LogP contribution is 2.30. The molecule has 1 aromatic rings. The number of nitrogens with zero attached hydrogens (tertiary/aromatic N) is 1. The Kier molecular flexibility index (Phi) is 10.9. The van der Waals surface area contributed by atoms with Gasteiger partial charge < -0.3 is 20.1 Å². The summed E-state index contributed by atoms with van der Waals surface area (Å²) in [6, 6.07) is 5.09. The SMILES string of the molecule is CCNC(=NCCCOC)NC(C)c1ccc(OCC2CC2)c(F)c1.I. The van der Waals surface area contributed by atoms with Crippen LogP contribution in [0.5, 0.6) is 5.75 Å². The topological polar surface area (TPSA) is 54.9 Å². The largest absolute Gasteiger partial charge is 0.490 e. The molecule has 2 rings (SSSR count). The molecule has 1 atom stereocenters. The fourth-order valence-electron chi connectivity index (χ4n) is 2.40. The van der Waals surface area contributed by atoms with Crippen LogP contribution < -0.4 is 15.4 Å². The summed E-state index contributed by atoms with van der Waals surface area (Å²) >= 11 is 0. The fourth-order valence-corrected chi connectivity index (χ4v) is 2.40. The molecule has 0 aliphatic heterocycles. The van der Waals surface area contributed by atoms with E-state index in [4.69, 9.17) is 9.47 Å². The molecule has 0 aromatic heterocycles. The van der Waals surface area contributed by atoms with Crippen molar-refractivity contribution < 1.29 is 13.9 Å². The van der Waals surface area contributed by atoms with E-state index in [1.807, 2.05) is 19.9 Å². The Bertz CT molecular complexity index is 568. The van der Waals surface area contributed by atoms with Gasteiger partial charge in [-0.2, -0.15) is 0 Å². The highest BCUT2D eigenvalue weighted by Gasteiger charge is 2.22. The maximum absolute atomic E-state index is 14.2. The first-order chi connectivity index (χ1) is 12.1. The molecular formula is C19H31FIN3O2. The molecule has 1 saturated carbocycles. The highest BCUT2D eigenvalue weighted by atomic mass is 127. The van der Waals surface area contributed by atoms with Gasteiger partial charge in [-0.3, -0.25) is 4.99 Å². The van der Waals surface area contributed by atoms with Crippen molar-refractivity contribution in [3.05, 3.63) is 29.6 Å². The summed E-state index contributed by atoms with van der Waals surface area (Å²) in [5, 5.41) is 6.51. The van der Waals surface area contributed by atoms with Crippen LogP contribution in [-0.2, 0) is 4.74 Å². The molecular weight excluding hydrogens is 448 g/mol. The minimum Gasteiger partial charge on any atom is -0.490 e. The Morgan fingerprint density at radius 1 is 1.38 bits per heavy atom. The highest BCUT2D eigenvalue weighted by molar-refractivity contribution is 14.0. The number of benzene rings is 1. The van der Waals surface area contributed by atoms with Crippen LogP contribution >= 0.6 is 24.0 Å². The number of methoxy groups -OCH3 is 1. The van der Waals surface area contributed by atoms with Crippen LogP contribution in [0.4, 0.5) is 4.39 Å². The minimum absolute atomic E-state index is 0. The predicted molar refractivity (Wildman–Crippen MR) is 114 cm³/mol. The average Bonchev–Trinajstić information content (AvgIpc) is 3.42. The number of aliphatic imine (C=N–C) groups is 1. The van der Waals surface area contributed by atoms with Gasteiger partial charge in [0.2, 0.25) is 0 Å². The van der Waals surface area contributed by atoms with Crippen molar-refractivity contribution >= 4 is 29.9 Å². The molecule has 1 aromatic carbocycles. The number of halogens is 2. The van der Waals surface area contributed by atoms with Gasteiger partial charge in [-0.25, -0.2) is 4.39 Å². The van der Waals surface area contributed by atoms with Gasteiger partial charge in [0.25, 0.3) is 0 Å². The van der Waals surface area contributed by atoms with Gasteiger partial charge >= 0.3 is 0 Å². The van der Waals surface area contributed by atoms with Gasteiger partial charge in [-0.05, 0) is 56.7 Å². The van der Waals surface area contributed by atoms with E-state index in [9.17, 15) is 4.39 Å². The maximum Gasteiger partial charge on any atom is 0.191 e. The summed E-state index contributed by atoms with van der Waals surface area (Å²) in [4.78, 5) is 4.51. The Labute approximate surface area is 173 Å². The molecule has 26 heavy (non-hydrogen) atoms. The Balaban J connectivity index is 0.00000338. The monoisotopic (exact) mass is 479 g/mol. The number of nitrogens with one attached hydrogen (secondary N) is 2. The molecule has 7 heteroatoms. The van der Waals surface area contributed by atoms with E-state index in [2.05, 4.69) is 15.6 Å². The third-order valence-corrected chi connectivity index (χ3v) is 4.10. The molecule has 0 radical (unpaired) electrons. The molecule has 1 aliphatic carbocycles. The summed E-state index contributed by atoms with van der Waals surface area (Å²) < 4.78 is 24.8. The number of ether oxygens (including phenoxy) is 2. The second kappa shape index (κ2) is 12.3. The van der Waals surface area contributed by atoms with Crippen molar-refractivity contribution in [2.24, 2.45) is 10.9 Å². The van der Waals surface area contributed by atoms with E-state index >= 15 is 0 Å². The summed E-state index contributed by atoms with van der Waals surface area (Å²) in [6.07, 6.45) is 3.25. The van der Waals surface area contributed by atoms with Crippen LogP contribution in [-0.4, -0.2) is 39.4 Å². The van der Waals surface area contributed by atoms with Crippen molar-refractivity contribution in [1.82, 2.24) is 10.6 Å².